The Bertz CT molecular complexity index is 1350. The number of rotatable bonds is 6. The Labute approximate surface area is 198 Å². The van der Waals surface area contributed by atoms with Gasteiger partial charge in [0.05, 0.1) is 4.90 Å². The van der Waals surface area contributed by atoms with Crippen molar-refractivity contribution in [2.75, 3.05) is 0 Å². The highest BCUT2D eigenvalue weighted by atomic mass is 35.5. The van der Waals surface area contributed by atoms with Crippen LogP contribution in [-0.4, -0.2) is 18.6 Å². The third-order valence-corrected chi connectivity index (χ3v) is 7.01. The van der Waals surface area contributed by atoms with Crippen LogP contribution in [0.25, 0.3) is 11.5 Å². The molecule has 1 aromatic heterocycles. The summed E-state index contributed by atoms with van der Waals surface area (Å²) < 4.78 is 35.2. The molecule has 0 aliphatic carbocycles. The maximum atomic E-state index is 13.3. The van der Waals surface area contributed by atoms with E-state index >= 15 is 0 Å². The molecule has 0 spiro atoms. The minimum Gasteiger partial charge on any atom is -0.419 e. The highest BCUT2D eigenvalue weighted by molar-refractivity contribution is 7.89. The van der Waals surface area contributed by atoms with Gasteiger partial charge in [0.1, 0.15) is 6.04 Å². The summed E-state index contributed by atoms with van der Waals surface area (Å²) in [6.45, 7) is 6.21. The van der Waals surface area contributed by atoms with Gasteiger partial charge in [-0.1, -0.05) is 80.9 Å². The fourth-order valence-electron chi connectivity index (χ4n) is 3.36. The lowest BCUT2D eigenvalue weighted by atomic mass is 9.87. The van der Waals surface area contributed by atoms with Crippen LogP contribution in [0.2, 0.25) is 5.02 Å². The van der Waals surface area contributed by atoms with Gasteiger partial charge in [-0.3, -0.25) is 0 Å². The molecule has 0 bridgehead atoms. The van der Waals surface area contributed by atoms with Crippen molar-refractivity contribution in [1.29, 1.82) is 0 Å². The van der Waals surface area contributed by atoms with Crippen molar-refractivity contribution < 1.29 is 12.8 Å². The predicted molar refractivity (Wildman–Crippen MR) is 128 cm³/mol. The number of nitrogens with zero attached hydrogens (tertiary/aromatic N) is 2. The molecular weight excluding hydrogens is 458 g/mol. The van der Waals surface area contributed by atoms with Crippen molar-refractivity contribution in [3.8, 4) is 11.5 Å². The second-order valence-electron chi connectivity index (χ2n) is 8.66. The van der Waals surface area contributed by atoms with Crippen molar-refractivity contribution in [3.63, 3.8) is 0 Å². The molecule has 33 heavy (non-hydrogen) atoms. The number of halogens is 1. The third-order valence-electron chi connectivity index (χ3n) is 5.23. The van der Waals surface area contributed by atoms with E-state index < -0.39 is 16.1 Å². The normalized spacial score (nSPS) is 13.1. The van der Waals surface area contributed by atoms with Crippen LogP contribution in [0.5, 0.6) is 0 Å². The van der Waals surface area contributed by atoms with Gasteiger partial charge in [0.15, 0.2) is 0 Å². The van der Waals surface area contributed by atoms with E-state index in [-0.39, 0.29) is 22.1 Å². The molecule has 0 aliphatic heterocycles. The van der Waals surface area contributed by atoms with Crippen molar-refractivity contribution >= 4 is 21.6 Å². The number of hydrogen-bond donors (Lipinski definition) is 1. The highest BCUT2D eigenvalue weighted by Gasteiger charge is 2.29. The smallest absolute Gasteiger partial charge is 0.247 e. The molecule has 1 atom stereocenters. The first-order valence-corrected chi connectivity index (χ1v) is 12.3. The van der Waals surface area contributed by atoms with Gasteiger partial charge in [-0.25, -0.2) is 8.42 Å². The number of sulfonamides is 1. The molecular formula is C25H24ClN3O3S. The van der Waals surface area contributed by atoms with Gasteiger partial charge in [0.25, 0.3) is 0 Å². The van der Waals surface area contributed by atoms with Gasteiger partial charge in [0, 0.05) is 10.6 Å². The molecule has 0 saturated heterocycles. The lowest BCUT2D eigenvalue weighted by Crippen LogP contribution is -2.30. The van der Waals surface area contributed by atoms with Gasteiger partial charge in [0.2, 0.25) is 21.8 Å². The van der Waals surface area contributed by atoms with Crippen LogP contribution in [0, 0.1) is 0 Å². The summed E-state index contributed by atoms with van der Waals surface area (Å²) >= 11 is 6.41. The van der Waals surface area contributed by atoms with Gasteiger partial charge < -0.3 is 4.42 Å². The van der Waals surface area contributed by atoms with E-state index in [1.165, 1.54) is 0 Å². The number of aromatic nitrogens is 2. The zero-order valence-electron chi connectivity index (χ0n) is 18.5. The minimum absolute atomic E-state index is 0.0899. The van der Waals surface area contributed by atoms with E-state index in [4.69, 9.17) is 16.0 Å². The summed E-state index contributed by atoms with van der Waals surface area (Å²) in [5.74, 6) is 0.383. The van der Waals surface area contributed by atoms with E-state index in [1.807, 2.05) is 42.5 Å². The molecule has 0 radical (unpaired) electrons. The Kier molecular flexibility index (Phi) is 6.38. The second-order valence-corrected chi connectivity index (χ2v) is 10.8. The Balaban J connectivity index is 1.72. The lowest BCUT2D eigenvalue weighted by Gasteiger charge is -2.20. The molecule has 170 valence electrons. The van der Waals surface area contributed by atoms with Gasteiger partial charge >= 0.3 is 0 Å². The Morgan fingerprint density at radius 1 is 0.879 bits per heavy atom. The zero-order chi connectivity index (χ0) is 23.6. The number of benzene rings is 3. The maximum absolute atomic E-state index is 13.3. The lowest BCUT2D eigenvalue weighted by molar-refractivity contribution is 0.464. The summed E-state index contributed by atoms with van der Waals surface area (Å²) in [5, 5.41) is 8.62. The average Bonchev–Trinajstić information content (AvgIpc) is 3.28. The fourth-order valence-corrected chi connectivity index (χ4v) is 4.78. The summed E-state index contributed by atoms with van der Waals surface area (Å²) in [7, 11) is -3.93. The first-order valence-electron chi connectivity index (χ1n) is 10.4. The molecule has 0 aliphatic rings. The molecule has 1 heterocycles. The van der Waals surface area contributed by atoms with Crippen LogP contribution >= 0.6 is 11.6 Å². The van der Waals surface area contributed by atoms with E-state index in [0.29, 0.717) is 10.6 Å². The largest absolute Gasteiger partial charge is 0.419 e. The predicted octanol–water partition coefficient (Wildman–Crippen LogP) is 5.76. The quantitative estimate of drug-likeness (QED) is 0.378. The van der Waals surface area contributed by atoms with Crippen molar-refractivity contribution in [2.45, 2.75) is 37.1 Å². The SMILES string of the molecule is CC(C)(C)c1ccc(S(=O)(=O)NC(c2nnc(-c3ccccc3)o2)c2ccccc2Cl)cc1. The topological polar surface area (TPSA) is 85.1 Å². The first kappa shape index (κ1) is 23.2. The highest BCUT2D eigenvalue weighted by Crippen LogP contribution is 2.31. The number of hydrogen-bond acceptors (Lipinski definition) is 5. The van der Waals surface area contributed by atoms with E-state index in [0.717, 1.165) is 11.1 Å². The Morgan fingerprint density at radius 2 is 1.52 bits per heavy atom. The Hall–Kier alpha value is -3.00. The van der Waals surface area contributed by atoms with Crippen LogP contribution < -0.4 is 4.72 Å². The molecule has 1 unspecified atom stereocenters. The maximum Gasteiger partial charge on any atom is 0.247 e. The fraction of sp³-hybridized carbons (Fsp3) is 0.200. The van der Waals surface area contributed by atoms with Crippen molar-refractivity contribution in [2.24, 2.45) is 0 Å². The van der Waals surface area contributed by atoms with E-state index in [2.05, 4.69) is 35.7 Å². The average molecular weight is 482 g/mol. The molecule has 1 N–H and O–H groups in total. The summed E-state index contributed by atoms with van der Waals surface area (Å²) in [6.07, 6.45) is 0. The summed E-state index contributed by atoms with van der Waals surface area (Å²) in [4.78, 5) is 0.135. The monoisotopic (exact) mass is 481 g/mol. The zero-order valence-corrected chi connectivity index (χ0v) is 20.1. The van der Waals surface area contributed by atoms with Crippen LogP contribution in [0.3, 0.4) is 0 Å². The van der Waals surface area contributed by atoms with Crippen molar-refractivity contribution in [1.82, 2.24) is 14.9 Å². The van der Waals surface area contributed by atoms with Gasteiger partial charge in [-0.05, 0) is 46.9 Å². The van der Waals surface area contributed by atoms with E-state index in [1.54, 1.807) is 36.4 Å². The summed E-state index contributed by atoms with van der Waals surface area (Å²) in [6, 6.07) is 22.1. The number of nitrogens with one attached hydrogen (secondary N) is 1. The molecule has 6 nitrogen and oxygen atoms in total. The van der Waals surface area contributed by atoms with Gasteiger partial charge in [-0.15, -0.1) is 10.2 Å². The molecule has 0 fully saturated rings. The third kappa shape index (κ3) is 5.16. The molecule has 8 heteroatoms. The minimum atomic E-state index is -3.93. The van der Waals surface area contributed by atoms with Crippen LogP contribution in [0.1, 0.15) is 43.8 Å². The molecule has 0 amide bonds. The summed E-state index contributed by atoms with van der Waals surface area (Å²) in [5.41, 5.74) is 2.19. The van der Waals surface area contributed by atoms with Gasteiger partial charge in [-0.2, -0.15) is 4.72 Å². The molecule has 4 aromatic rings. The Morgan fingerprint density at radius 3 is 2.15 bits per heavy atom. The molecule has 4 rings (SSSR count). The first-order chi connectivity index (χ1) is 15.6. The van der Waals surface area contributed by atoms with Crippen LogP contribution in [0.4, 0.5) is 0 Å². The molecule has 3 aromatic carbocycles. The standard InChI is InChI=1S/C25H24ClN3O3S/c1-25(2,3)18-13-15-19(16-14-18)33(30,31)29-22(20-11-7-8-12-21(20)26)24-28-27-23(32-24)17-9-5-4-6-10-17/h4-16,22,29H,1-3H3. The van der Waals surface area contributed by atoms with Crippen LogP contribution in [-0.2, 0) is 15.4 Å². The molecule has 0 saturated carbocycles. The van der Waals surface area contributed by atoms with E-state index in [9.17, 15) is 8.42 Å². The van der Waals surface area contributed by atoms with Crippen LogP contribution in [0.15, 0.2) is 88.2 Å². The van der Waals surface area contributed by atoms with Crippen molar-refractivity contribution in [3.05, 3.63) is 101 Å². The second kappa shape index (κ2) is 9.09.